The first-order valence-corrected chi connectivity index (χ1v) is 6.84. The minimum Gasteiger partial charge on any atom is -0.356 e. The van der Waals surface area contributed by atoms with Gasteiger partial charge in [0.05, 0.1) is 0 Å². The highest BCUT2D eigenvalue weighted by Crippen LogP contribution is 2.21. The van der Waals surface area contributed by atoms with Crippen LogP contribution in [-0.2, 0) is 0 Å². The molecule has 0 amide bonds. The standard InChI is InChI=1S/C13H22BrN3/c1-4-7-17(10-13(2,3)9-15)12-6-5-11(14)8-16-12/h5-6,8H,4,7,9-10,15H2,1-3H3. The number of hydrogen-bond donors (Lipinski definition) is 1. The van der Waals surface area contributed by atoms with Crippen LogP contribution in [0.1, 0.15) is 27.2 Å². The van der Waals surface area contributed by atoms with Gasteiger partial charge in [-0.1, -0.05) is 20.8 Å². The third-order valence-electron chi connectivity index (χ3n) is 2.70. The Morgan fingerprint density at radius 2 is 2.12 bits per heavy atom. The second-order valence-electron chi connectivity index (χ2n) is 5.12. The highest BCUT2D eigenvalue weighted by molar-refractivity contribution is 9.10. The van der Waals surface area contributed by atoms with Crippen LogP contribution in [0.25, 0.3) is 0 Å². The Labute approximate surface area is 113 Å². The predicted octanol–water partition coefficient (Wildman–Crippen LogP) is 3.05. The maximum atomic E-state index is 5.80. The van der Waals surface area contributed by atoms with Gasteiger partial charge in [0, 0.05) is 23.8 Å². The lowest BCUT2D eigenvalue weighted by molar-refractivity contribution is 0.376. The van der Waals surface area contributed by atoms with Crippen molar-refractivity contribution in [3.63, 3.8) is 0 Å². The molecule has 0 saturated carbocycles. The fraction of sp³-hybridized carbons (Fsp3) is 0.615. The van der Waals surface area contributed by atoms with Crippen LogP contribution in [0.4, 0.5) is 5.82 Å². The summed E-state index contributed by atoms with van der Waals surface area (Å²) in [5.74, 6) is 1.02. The van der Waals surface area contributed by atoms with Crippen molar-refractivity contribution in [1.82, 2.24) is 4.98 Å². The van der Waals surface area contributed by atoms with Crippen molar-refractivity contribution in [3.05, 3.63) is 22.8 Å². The van der Waals surface area contributed by atoms with E-state index in [0.29, 0.717) is 6.54 Å². The van der Waals surface area contributed by atoms with Crippen molar-refractivity contribution in [3.8, 4) is 0 Å². The highest BCUT2D eigenvalue weighted by Gasteiger charge is 2.20. The van der Waals surface area contributed by atoms with Crippen molar-refractivity contribution in [2.45, 2.75) is 27.2 Å². The van der Waals surface area contributed by atoms with Gasteiger partial charge in [-0.15, -0.1) is 0 Å². The van der Waals surface area contributed by atoms with E-state index in [2.05, 4.69) is 46.6 Å². The van der Waals surface area contributed by atoms with Crippen molar-refractivity contribution >= 4 is 21.7 Å². The molecule has 17 heavy (non-hydrogen) atoms. The average molecular weight is 300 g/mol. The first-order chi connectivity index (χ1) is 7.98. The summed E-state index contributed by atoms with van der Waals surface area (Å²) in [7, 11) is 0. The molecular formula is C13H22BrN3. The Bertz CT molecular complexity index is 335. The molecule has 0 unspecified atom stereocenters. The molecule has 0 aromatic carbocycles. The minimum atomic E-state index is 0.115. The monoisotopic (exact) mass is 299 g/mol. The summed E-state index contributed by atoms with van der Waals surface area (Å²) >= 11 is 3.41. The fourth-order valence-corrected chi connectivity index (χ4v) is 1.92. The van der Waals surface area contributed by atoms with Crippen LogP contribution in [0.2, 0.25) is 0 Å². The summed E-state index contributed by atoms with van der Waals surface area (Å²) in [4.78, 5) is 6.76. The van der Waals surface area contributed by atoms with Gasteiger partial charge >= 0.3 is 0 Å². The van der Waals surface area contributed by atoms with Gasteiger partial charge in [-0.05, 0) is 46.4 Å². The van der Waals surface area contributed by atoms with E-state index in [4.69, 9.17) is 5.73 Å². The average Bonchev–Trinajstić information content (AvgIpc) is 2.29. The quantitative estimate of drug-likeness (QED) is 0.878. The van der Waals surface area contributed by atoms with Crippen LogP contribution in [0.15, 0.2) is 22.8 Å². The molecule has 4 heteroatoms. The minimum absolute atomic E-state index is 0.115. The molecule has 2 N–H and O–H groups in total. The van der Waals surface area contributed by atoms with Gasteiger partial charge in [0.1, 0.15) is 5.82 Å². The molecule has 0 aliphatic heterocycles. The van der Waals surface area contributed by atoms with Crippen molar-refractivity contribution in [2.75, 3.05) is 24.5 Å². The van der Waals surface area contributed by atoms with E-state index in [9.17, 15) is 0 Å². The van der Waals surface area contributed by atoms with Crippen LogP contribution >= 0.6 is 15.9 Å². The van der Waals surface area contributed by atoms with Gasteiger partial charge in [-0.2, -0.15) is 0 Å². The first kappa shape index (κ1) is 14.5. The lowest BCUT2D eigenvalue weighted by Crippen LogP contribution is -2.39. The third-order valence-corrected chi connectivity index (χ3v) is 3.17. The van der Waals surface area contributed by atoms with Crippen LogP contribution in [0.3, 0.4) is 0 Å². The molecule has 0 fully saturated rings. The number of anilines is 1. The van der Waals surface area contributed by atoms with Gasteiger partial charge < -0.3 is 10.6 Å². The van der Waals surface area contributed by atoms with Gasteiger partial charge in [0.15, 0.2) is 0 Å². The molecule has 0 aliphatic rings. The SMILES string of the molecule is CCCN(CC(C)(C)CN)c1ccc(Br)cn1. The van der Waals surface area contributed by atoms with E-state index in [1.165, 1.54) is 0 Å². The van der Waals surface area contributed by atoms with Crippen LogP contribution in [-0.4, -0.2) is 24.6 Å². The molecule has 3 nitrogen and oxygen atoms in total. The summed E-state index contributed by atoms with van der Waals surface area (Å²) in [6, 6.07) is 4.08. The lowest BCUT2D eigenvalue weighted by atomic mass is 9.93. The lowest BCUT2D eigenvalue weighted by Gasteiger charge is -2.32. The maximum Gasteiger partial charge on any atom is 0.128 e. The van der Waals surface area contributed by atoms with Gasteiger partial charge in [0.2, 0.25) is 0 Å². The molecule has 1 aromatic rings. The molecule has 1 heterocycles. The van der Waals surface area contributed by atoms with Crippen molar-refractivity contribution < 1.29 is 0 Å². The summed E-state index contributed by atoms with van der Waals surface area (Å²) in [5, 5.41) is 0. The molecule has 0 saturated heterocycles. The Balaban J connectivity index is 2.81. The van der Waals surface area contributed by atoms with Crippen molar-refractivity contribution in [2.24, 2.45) is 11.1 Å². The normalized spacial score (nSPS) is 11.6. The molecule has 0 aliphatic carbocycles. The maximum absolute atomic E-state index is 5.80. The molecule has 1 rings (SSSR count). The highest BCUT2D eigenvalue weighted by atomic mass is 79.9. The van der Waals surface area contributed by atoms with E-state index in [1.807, 2.05) is 18.3 Å². The second-order valence-corrected chi connectivity index (χ2v) is 6.04. The number of nitrogens with zero attached hydrogens (tertiary/aromatic N) is 2. The topological polar surface area (TPSA) is 42.1 Å². The van der Waals surface area contributed by atoms with Gasteiger partial charge in [0.25, 0.3) is 0 Å². The fourth-order valence-electron chi connectivity index (χ4n) is 1.68. The number of aromatic nitrogens is 1. The summed E-state index contributed by atoms with van der Waals surface area (Å²) in [5.41, 5.74) is 5.91. The van der Waals surface area contributed by atoms with Gasteiger partial charge in [-0.3, -0.25) is 0 Å². The third kappa shape index (κ3) is 4.64. The molecular weight excluding hydrogens is 278 g/mol. The van der Waals surface area contributed by atoms with E-state index < -0.39 is 0 Å². The van der Waals surface area contributed by atoms with Gasteiger partial charge in [-0.25, -0.2) is 4.98 Å². The zero-order valence-corrected chi connectivity index (χ0v) is 12.5. The molecule has 0 atom stereocenters. The Hall–Kier alpha value is -0.610. The molecule has 0 spiro atoms. The summed E-state index contributed by atoms with van der Waals surface area (Å²) < 4.78 is 1.01. The van der Waals surface area contributed by atoms with Crippen LogP contribution in [0, 0.1) is 5.41 Å². The molecule has 96 valence electrons. The Kier molecular flexibility index (Phi) is 5.40. The zero-order valence-electron chi connectivity index (χ0n) is 10.9. The van der Waals surface area contributed by atoms with E-state index in [-0.39, 0.29) is 5.41 Å². The number of pyridine rings is 1. The Morgan fingerprint density at radius 1 is 1.41 bits per heavy atom. The first-order valence-electron chi connectivity index (χ1n) is 6.05. The number of nitrogens with two attached hydrogens (primary N) is 1. The number of rotatable bonds is 6. The van der Waals surface area contributed by atoms with Crippen LogP contribution in [0.5, 0.6) is 0 Å². The molecule has 0 bridgehead atoms. The number of hydrogen-bond acceptors (Lipinski definition) is 3. The van der Waals surface area contributed by atoms with E-state index in [0.717, 1.165) is 29.8 Å². The van der Waals surface area contributed by atoms with E-state index in [1.54, 1.807) is 0 Å². The van der Waals surface area contributed by atoms with Crippen molar-refractivity contribution in [1.29, 1.82) is 0 Å². The largest absolute Gasteiger partial charge is 0.356 e. The smallest absolute Gasteiger partial charge is 0.128 e. The van der Waals surface area contributed by atoms with Crippen LogP contribution < -0.4 is 10.6 Å². The predicted molar refractivity (Wildman–Crippen MR) is 77.3 cm³/mol. The van der Waals surface area contributed by atoms with E-state index >= 15 is 0 Å². The zero-order chi connectivity index (χ0) is 12.9. The summed E-state index contributed by atoms with van der Waals surface area (Å²) in [6.45, 7) is 9.19. The molecule has 1 aromatic heterocycles. The Morgan fingerprint density at radius 3 is 2.59 bits per heavy atom. The summed E-state index contributed by atoms with van der Waals surface area (Å²) in [6.07, 6.45) is 2.95. The molecule has 0 radical (unpaired) electrons. The second kappa shape index (κ2) is 6.36. The number of halogens is 1.